The monoisotopic (exact) mass is 1010 g/mol. The lowest BCUT2D eigenvalue weighted by Gasteiger charge is -2.20. The Morgan fingerprint density at radius 2 is 0.652 bits per heavy atom. The summed E-state index contributed by atoms with van der Waals surface area (Å²) in [5, 5.41) is 45.7. The van der Waals surface area contributed by atoms with Gasteiger partial charge in [0.1, 0.15) is 23.0 Å². The zero-order chi connectivity index (χ0) is 48.3. The van der Waals surface area contributed by atoms with Gasteiger partial charge in [-0.05, 0) is 90.2 Å². The zero-order valence-corrected chi connectivity index (χ0v) is 38.8. The first-order chi connectivity index (χ1) is 33.4. The number of ether oxygens (including phenoxy) is 5. The number of nitrogens with zero attached hydrogens (tertiary/aromatic N) is 16. The van der Waals surface area contributed by atoms with Crippen LogP contribution in [0, 0.1) is 11.8 Å². The van der Waals surface area contributed by atoms with Gasteiger partial charge in [-0.2, -0.15) is 18.7 Å². The molecular formula is C40H34N16O9S4. The molecule has 0 unspecified atom stereocenters. The van der Waals surface area contributed by atoms with Gasteiger partial charge in [0.05, 0.1) is 61.6 Å². The SMILES string of the molecule is O=C(CC(COCC(CC(=O)Oc1cccc(-n2nnnc2S)c1)CC(=O)Oc1cccc(-n2nnnc2S)c1)CC(=O)Oc1cccc(-n2nnnc2S)c1)Oc1cccc(-n2nnnc2S)c1. The number of thiol groups is 4. The molecule has 0 amide bonds. The number of hydrogen-bond acceptors (Lipinski definition) is 25. The summed E-state index contributed by atoms with van der Waals surface area (Å²) in [5.41, 5.74) is 1.87. The number of carbonyl (C=O) groups is 4. The average molecular weight is 1010 g/mol. The van der Waals surface area contributed by atoms with Gasteiger partial charge in [-0.1, -0.05) is 24.3 Å². The summed E-state index contributed by atoms with van der Waals surface area (Å²) in [7, 11) is 0. The number of hydrogen-bond donors (Lipinski definition) is 4. The van der Waals surface area contributed by atoms with Crippen molar-refractivity contribution in [2.45, 2.75) is 46.3 Å². The predicted molar refractivity (Wildman–Crippen MR) is 244 cm³/mol. The number of carbonyl (C=O) groups excluding carboxylic acids is 4. The van der Waals surface area contributed by atoms with Gasteiger partial charge in [-0.25, -0.2) is 0 Å². The fraction of sp³-hybridized carbons (Fsp3) is 0.200. The summed E-state index contributed by atoms with van der Waals surface area (Å²) in [6.45, 7) is -0.460. The van der Waals surface area contributed by atoms with Crippen LogP contribution in [-0.2, 0) is 23.9 Å². The second-order valence-corrected chi connectivity index (χ2v) is 16.1. The molecule has 0 atom stereocenters. The minimum Gasteiger partial charge on any atom is -0.426 e. The molecule has 4 aromatic carbocycles. The molecule has 0 aliphatic carbocycles. The van der Waals surface area contributed by atoms with Crippen molar-refractivity contribution in [3.63, 3.8) is 0 Å². The van der Waals surface area contributed by atoms with Crippen molar-refractivity contribution in [2.24, 2.45) is 11.8 Å². The molecule has 0 saturated heterocycles. The molecule has 0 saturated carbocycles. The quantitative estimate of drug-likeness (QED) is 0.0484. The number of benzene rings is 4. The van der Waals surface area contributed by atoms with Crippen molar-refractivity contribution in [2.75, 3.05) is 13.2 Å². The summed E-state index contributed by atoms with van der Waals surface area (Å²) >= 11 is 17.0. The van der Waals surface area contributed by atoms with Crippen molar-refractivity contribution in [1.82, 2.24) is 80.8 Å². The highest BCUT2D eigenvalue weighted by Gasteiger charge is 2.26. The van der Waals surface area contributed by atoms with E-state index in [0.717, 1.165) is 0 Å². The Morgan fingerprint density at radius 3 is 0.870 bits per heavy atom. The standard InChI is InChI=1S/C40H34N16O9S4/c57-33(62-29-9-1-5-25(17-29)53-37(66)41-45-49-53)13-23(14-34(58)63-30-10-2-6-26(18-30)54-38(67)42-46-50-54)21-61-22-24(15-35(59)64-31-11-3-7-27(19-31)55-39(68)43-47-51-55)16-36(60)65-32-12-4-8-28(20-32)56-40(69)44-48-52-56/h1-12,17-20,23-24H,13-16,21-22H2,(H,41,49,66)(H,42,50,67)(H,43,51,68)(H,44,52,69). The Labute approximate surface area is 410 Å². The lowest BCUT2D eigenvalue weighted by molar-refractivity contribution is -0.139. The van der Waals surface area contributed by atoms with E-state index in [1.54, 1.807) is 72.8 Å². The molecule has 8 rings (SSSR count). The largest absolute Gasteiger partial charge is 0.426 e. The van der Waals surface area contributed by atoms with Gasteiger partial charge < -0.3 is 23.7 Å². The first-order valence-corrected chi connectivity index (χ1v) is 21.9. The summed E-state index contributed by atoms with van der Waals surface area (Å²) in [6, 6.07) is 25.6. The molecule has 0 fully saturated rings. The van der Waals surface area contributed by atoms with Crippen molar-refractivity contribution < 1.29 is 42.9 Å². The minimum absolute atomic E-state index is 0.159. The van der Waals surface area contributed by atoms with Crippen molar-refractivity contribution in [1.29, 1.82) is 0 Å². The Hall–Kier alpha value is -7.60. The summed E-state index contributed by atoms with van der Waals surface area (Å²) < 4.78 is 34.2. The van der Waals surface area contributed by atoms with Crippen molar-refractivity contribution in [3.8, 4) is 45.7 Å². The third-order valence-electron chi connectivity index (χ3n) is 9.52. The fourth-order valence-corrected chi connectivity index (χ4v) is 7.31. The molecule has 69 heavy (non-hydrogen) atoms. The van der Waals surface area contributed by atoms with Crippen LogP contribution < -0.4 is 18.9 Å². The van der Waals surface area contributed by atoms with Crippen LogP contribution in [0.4, 0.5) is 0 Å². The Balaban J connectivity index is 0.976. The van der Waals surface area contributed by atoms with Gasteiger partial charge >= 0.3 is 23.9 Å². The van der Waals surface area contributed by atoms with E-state index in [4.69, 9.17) is 23.7 Å². The highest BCUT2D eigenvalue weighted by atomic mass is 32.1. The van der Waals surface area contributed by atoms with Crippen LogP contribution in [0.5, 0.6) is 23.0 Å². The number of esters is 4. The first-order valence-electron chi connectivity index (χ1n) is 20.2. The van der Waals surface area contributed by atoms with Gasteiger partial charge in [0.15, 0.2) is 0 Å². The summed E-state index contributed by atoms with van der Waals surface area (Å²) in [6.07, 6.45) is -1.33. The van der Waals surface area contributed by atoms with Gasteiger partial charge in [-0.15, -0.1) is 70.9 Å². The molecule has 0 bridgehead atoms. The van der Waals surface area contributed by atoms with E-state index in [9.17, 15) is 19.2 Å². The van der Waals surface area contributed by atoms with E-state index >= 15 is 0 Å². The van der Waals surface area contributed by atoms with E-state index in [-0.39, 0.29) is 82.5 Å². The summed E-state index contributed by atoms with van der Waals surface area (Å²) in [4.78, 5) is 54.1. The van der Waals surface area contributed by atoms with Crippen LogP contribution in [0.1, 0.15) is 25.7 Å². The average Bonchev–Trinajstić information content (AvgIpc) is 4.15. The van der Waals surface area contributed by atoms with Gasteiger partial charge in [0.25, 0.3) is 0 Å². The lowest BCUT2D eigenvalue weighted by Crippen LogP contribution is -2.26. The molecule has 4 heterocycles. The molecule has 0 aliphatic rings. The van der Waals surface area contributed by atoms with Gasteiger partial charge in [-0.3, -0.25) is 19.2 Å². The molecule has 0 N–H and O–H groups in total. The predicted octanol–water partition coefficient (Wildman–Crippen LogP) is 3.28. The summed E-state index contributed by atoms with van der Waals surface area (Å²) in [5.74, 6) is -3.93. The van der Waals surface area contributed by atoms with Crippen LogP contribution in [0.25, 0.3) is 22.7 Å². The Morgan fingerprint density at radius 1 is 0.406 bits per heavy atom. The van der Waals surface area contributed by atoms with E-state index in [0.29, 0.717) is 22.7 Å². The maximum Gasteiger partial charge on any atom is 0.311 e. The molecule has 352 valence electrons. The van der Waals surface area contributed by atoms with Crippen molar-refractivity contribution >= 4 is 74.4 Å². The van der Waals surface area contributed by atoms with E-state index in [2.05, 4.69) is 113 Å². The Bertz CT molecular complexity index is 2710. The molecule has 25 nitrogen and oxygen atoms in total. The molecule has 29 heteroatoms. The third-order valence-corrected chi connectivity index (χ3v) is 10.6. The highest BCUT2D eigenvalue weighted by molar-refractivity contribution is 7.80. The second-order valence-electron chi connectivity index (χ2n) is 14.5. The maximum atomic E-state index is 13.5. The molecule has 8 aromatic rings. The normalized spacial score (nSPS) is 11.2. The van der Waals surface area contributed by atoms with E-state index in [1.165, 1.54) is 43.0 Å². The maximum absolute atomic E-state index is 13.5. The molecular weight excluding hydrogens is 977 g/mol. The van der Waals surface area contributed by atoms with E-state index in [1.807, 2.05) is 0 Å². The number of tetrazole rings is 4. The highest BCUT2D eigenvalue weighted by Crippen LogP contribution is 2.25. The van der Waals surface area contributed by atoms with Crippen LogP contribution >= 0.6 is 50.5 Å². The molecule has 0 aliphatic heterocycles. The number of rotatable bonds is 20. The van der Waals surface area contributed by atoms with Crippen LogP contribution in [0.3, 0.4) is 0 Å². The smallest absolute Gasteiger partial charge is 0.311 e. The van der Waals surface area contributed by atoms with Gasteiger partial charge in [0, 0.05) is 36.1 Å². The first kappa shape index (κ1) is 47.9. The third kappa shape index (κ3) is 12.9. The topological polar surface area (TPSA) is 289 Å². The van der Waals surface area contributed by atoms with Gasteiger partial charge in [0.2, 0.25) is 20.6 Å². The zero-order valence-electron chi connectivity index (χ0n) is 35.3. The molecule has 0 spiro atoms. The van der Waals surface area contributed by atoms with E-state index < -0.39 is 35.7 Å². The van der Waals surface area contributed by atoms with Crippen LogP contribution in [-0.4, -0.2) is 118 Å². The fourth-order valence-electron chi connectivity index (χ4n) is 6.53. The van der Waals surface area contributed by atoms with Crippen LogP contribution in [0.15, 0.2) is 118 Å². The van der Waals surface area contributed by atoms with Crippen molar-refractivity contribution in [3.05, 3.63) is 97.1 Å². The molecule has 0 radical (unpaired) electrons. The minimum atomic E-state index is -0.848. The second kappa shape index (κ2) is 22.5. The van der Waals surface area contributed by atoms with Crippen LogP contribution in [0.2, 0.25) is 0 Å². The molecule has 4 aromatic heterocycles. The Kier molecular flexibility index (Phi) is 15.6. The number of aromatic nitrogens is 16. The lowest BCUT2D eigenvalue weighted by atomic mass is 10.0.